The van der Waals surface area contributed by atoms with Gasteiger partial charge in [-0.05, 0) is 31.2 Å². The van der Waals surface area contributed by atoms with Crippen molar-refractivity contribution in [2.75, 3.05) is 31.2 Å². The van der Waals surface area contributed by atoms with Gasteiger partial charge in [0.15, 0.2) is 0 Å². The van der Waals surface area contributed by atoms with Gasteiger partial charge >= 0.3 is 5.97 Å². The van der Waals surface area contributed by atoms with Crippen molar-refractivity contribution in [1.82, 2.24) is 16.0 Å². The summed E-state index contributed by atoms with van der Waals surface area (Å²) in [6, 6.07) is 4.50. The maximum absolute atomic E-state index is 12.5. The number of hydrogen-bond acceptors (Lipinski definition) is 7. The number of hydrogen-bond donors (Lipinski definition) is 5. The number of rotatable bonds is 13. The topological polar surface area (TPSA) is 145 Å². The molecule has 1 aromatic carbocycles. The second kappa shape index (κ2) is 13.7. The molecule has 0 aromatic heterocycles. The van der Waals surface area contributed by atoms with Gasteiger partial charge in [-0.1, -0.05) is 28.2 Å². The van der Waals surface area contributed by atoms with Gasteiger partial charge in [-0.25, -0.2) is 4.79 Å². The van der Waals surface area contributed by atoms with Gasteiger partial charge in [-0.3, -0.25) is 14.4 Å². The van der Waals surface area contributed by atoms with E-state index in [1.165, 1.54) is 45.9 Å². The third-order valence-corrected chi connectivity index (χ3v) is 6.00. The van der Waals surface area contributed by atoms with Crippen LogP contribution in [0.4, 0.5) is 0 Å². The molecule has 0 saturated heterocycles. The zero-order chi connectivity index (χ0) is 22.5. The molecule has 30 heavy (non-hydrogen) atoms. The molecule has 3 amide bonds. The van der Waals surface area contributed by atoms with E-state index >= 15 is 0 Å². The lowest BCUT2D eigenvalue weighted by molar-refractivity contribution is -0.122. The highest BCUT2D eigenvalue weighted by atomic mass is 33.1. The summed E-state index contributed by atoms with van der Waals surface area (Å²) < 4.78 is 0. The van der Waals surface area contributed by atoms with Crippen molar-refractivity contribution in [2.24, 2.45) is 0 Å². The van der Waals surface area contributed by atoms with Crippen LogP contribution in [0.5, 0.6) is 0 Å². The Morgan fingerprint density at radius 1 is 1.03 bits per heavy atom. The van der Waals surface area contributed by atoms with Gasteiger partial charge in [0.05, 0.1) is 12.2 Å². The van der Waals surface area contributed by atoms with E-state index < -0.39 is 23.8 Å². The fourth-order valence-corrected chi connectivity index (χ4v) is 3.97. The van der Waals surface area contributed by atoms with Crippen LogP contribution in [0.1, 0.15) is 27.6 Å². The molecule has 0 bridgehead atoms. The molecule has 5 N–H and O–H groups in total. The Bertz CT molecular complexity index is 770. The number of aliphatic hydroxyl groups excluding tert-OH is 1. The number of carboxylic acids is 1. The summed E-state index contributed by atoms with van der Waals surface area (Å²) in [4.78, 5) is 47.3. The molecule has 0 fully saturated rings. The fourth-order valence-electron chi connectivity index (χ4n) is 2.04. The maximum Gasteiger partial charge on any atom is 0.335 e. The number of aromatic carboxylic acids is 1. The molecule has 1 atom stereocenters. The van der Waals surface area contributed by atoms with E-state index in [0.29, 0.717) is 11.3 Å². The highest BCUT2D eigenvalue weighted by Crippen LogP contribution is 2.21. The first-order valence-electron chi connectivity index (χ1n) is 8.97. The summed E-state index contributed by atoms with van der Waals surface area (Å²) >= 11 is 0. The van der Waals surface area contributed by atoms with Crippen LogP contribution in [0.25, 0.3) is 0 Å². The molecule has 1 rings (SSSR count). The predicted molar refractivity (Wildman–Crippen MR) is 117 cm³/mol. The Kier molecular flexibility index (Phi) is 11.6. The Balaban J connectivity index is 2.67. The number of aliphatic hydroxyl groups is 1. The van der Waals surface area contributed by atoms with Crippen LogP contribution < -0.4 is 16.0 Å². The van der Waals surface area contributed by atoms with Gasteiger partial charge in [0.25, 0.3) is 5.91 Å². The van der Waals surface area contributed by atoms with E-state index in [1.807, 2.05) is 0 Å². The van der Waals surface area contributed by atoms with Crippen molar-refractivity contribution < 1.29 is 29.4 Å². The largest absolute Gasteiger partial charge is 0.478 e. The van der Waals surface area contributed by atoms with Gasteiger partial charge in [0.1, 0.15) is 6.04 Å². The smallest absolute Gasteiger partial charge is 0.335 e. The van der Waals surface area contributed by atoms with Crippen molar-refractivity contribution in [3.8, 4) is 0 Å². The number of amides is 3. The Labute approximate surface area is 182 Å². The normalized spacial score (nSPS) is 11.3. The number of carboxylic acid groups (broad SMARTS) is 1. The van der Waals surface area contributed by atoms with E-state index in [4.69, 9.17) is 10.2 Å². The number of nitrogens with one attached hydrogen (secondary N) is 3. The molecule has 0 radical (unpaired) electrons. The highest BCUT2D eigenvalue weighted by Gasteiger charge is 2.21. The Morgan fingerprint density at radius 2 is 1.63 bits per heavy atom. The minimum atomic E-state index is -1.10. The van der Waals surface area contributed by atoms with Gasteiger partial charge in [-0.2, -0.15) is 0 Å². The quantitative estimate of drug-likeness (QED) is 0.166. The SMILES string of the molecule is C=C(C)C(=O)NCCNC(=O)C(CSSCCO)NC(=O)c1ccc(C(=O)O)cc1. The monoisotopic (exact) mass is 455 g/mol. The lowest BCUT2D eigenvalue weighted by atomic mass is 10.1. The molecule has 9 nitrogen and oxygen atoms in total. The van der Waals surface area contributed by atoms with Crippen molar-refractivity contribution >= 4 is 45.3 Å². The molecular weight excluding hydrogens is 430 g/mol. The summed E-state index contributed by atoms with van der Waals surface area (Å²) in [5.41, 5.74) is 0.630. The van der Waals surface area contributed by atoms with Gasteiger partial charge in [0, 0.05) is 35.7 Å². The summed E-state index contributed by atoms with van der Waals surface area (Å²) in [6.45, 7) is 5.47. The second-order valence-corrected chi connectivity index (χ2v) is 8.69. The van der Waals surface area contributed by atoms with Crippen LogP contribution in [-0.4, -0.2) is 71.1 Å². The van der Waals surface area contributed by atoms with Gasteiger partial charge < -0.3 is 26.2 Å². The third-order valence-electron chi connectivity index (χ3n) is 3.61. The van der Waals surface area contributed by atoms with E-state index in [9.17, 15) is 19.2 Å². The molecule has 0 saturated carbocycles. The molecule has 1 unspecified atom stereocenters. The summed E-state index contributed by atoms with van der Waals surface area (Å²) in [5, 5.41) is 25.7. The number of benzene rings is 1. The van der Waals surface area contributed by atoms with Crippen molar-refractivity contribution in [1.29, 1.82) is 0 Å². The molecule has 1 aromatic rings. The number of carbonyl (C=O) groups is 4. The van der Waals surface area contributed by atoms with Crippen LogP contribution >= 0.6 is 21.6 Å². The number of carbonyl (C=O) groups excluding carboxylic acids is 3. The third kappa shape index (κ3) is 9.33. The predicted octanol–water partition coefficient (Wildman–Crippen LogP) is 0.665. The van der Waals surface area contributed by atoms with Crippen molar-refractivity contribution in [2.45, 2.75) is 13.0 Å². The minimum Gasteiger partial charge on any atom is -0.478 e. The Hall–Kier alpha value is -2.50. The molecule has 0 heterocycles. The molecule has 11 heteroatoms. The first-order valence-corrected chi connectivity index (χ1v) is 11.5. The van der Waals surface area contributed by atoms with E-state index in [1.54, 1.807) is 6.92 Å². The van der Waals surface area contributed by atoms with Crippen LogP contribution in [0.3, 0.4) is 0 Å². The molecule has 0 spiro atoms. The average Bonchev–Trinajstić information content (AvgIpc) is 2.72. The minimum absolute atomic E-state index is 0.000761. The van der Waals surface area contributed by atoms with E-state index in [0.717, 1.165) is 0 Å². The first kappa shape index (κ1) is 25.5. The lowest BCUT2D eigenvalue weighted by Gasteiger charge is -2.18. The first-order chi connectivity index (χ1) is 14.3. The van der Waals surface area contributed by atoms with Crippen LogP contribution in [-0.2, 0) is 9.59 Å². The molecular formula is C19H25N3O6S2. The highest BCUT2D eigenvalue weighted by molar-refractivity contribution is 8.76. The maximum atomic E-state index is 12.5. The fraction of sp³-hybridized carbons (Fsp3) is 0.368. The summed E-state index contributed by atoms with van der Waals surface area (Å²) in [7, 11) is 2.69. The average molecular weight is 456 g/mol. The van der Waals surface area contributed by atoms with Crippen molar-refractivity contribution in [3.05, 3.63) is 47.5 Å². The van der Waals surface area contributed by atoms with Crippen LogP contribution in [0.2, 0.25) is 0 Å². The standard InChI is InChI=1S/C19H25N3O6S2/c1-12(2)16(24)20-7-8-21-18(26)15(11-30-29-10-9-23)22-17(25)13-3-5-14(6-4-13)19(27)28/h3-6,15,23H,1,7-11H2,2H3,(H,20,24)(H,21,26)(H,22,25)(H,27,28). The van der Waals surface area contributed by atoms with Gasteiger partial charge in [-0.15, -0.1) is 0 Å². The Morgan fingerprint density at radius 3 is 2.20 bits per heavy atom. The summed E-state index contributed by atoms with van der Waals surface area (Å²) in [6.07, 6.45) is 0. The molecule has 0 aliphatic heterocycles. The molecule has 0 aliphatic carbocycles. The lowest BCUT2D eigenvalue weighted by Crippen LogP contribution is -2.49. The van der Waals surface area contributed by atoms with Crippen LogP contribution in [0.15, 0.2) is 36.4 Å². The second-order valence-electron chi connectivity index (χ2n) is 6.07. The molecule has 164 valence electrons. The van der Waals surface area contributed by atoms with Crippen molar-refractivity contribution in [3.63, 3.8) is 0 Å². The van der Waals surface area contributed by atoms with E-state index in [2.05, 4.69) is 22.5 Å². The molecule has 0 aliphatic rings. The van der Waals surface area contributed by atoms with Crippen LogP contribution in [0, 0.1) is 0 Å². The zero-order valence-electron chi connectivity index (χ0n) is 16.5. The summed E-state index contributed by atoms with van der Waals surface area (Å²) in [5.74, 6) is -1.61. The van der Waals surface area contributed by atoms with E-state index in [-0.39, 0.29) is 42.5 Å². The zero-order valence-corrected chi connectivity index (χ0v) is 18.1. The van der Waals surface area contributed by atoms with Gasteiger partial charge in [0.2, 0.25) is 11.8 Å².